The Morgan fingerprint density at radius 1 is 1.45 bits per heavy atom. The van der Waals surface area contributed by atoms with E-state index < -0.39 is 6.10 Å². The molecule has 1 aromatic rings. The number of carbonyl (C=O) groups is 1. The number of hydrogen-bond donors (Lipinski definition) is 3. The van der Waals surface area contributed by atoms with Gasteiger partial charge in [-0.25, -0.2) is 0 Å². The highest BCUT2D eigenvalue weighted by molar-refractivity contribution is 5.82. The molecule has 0 unspecified atom stereocenters. The highest BCUT2D eigenvalue weighted by Gasteiger charge is 2.27. The zero-order valence-electron chi connectivity index (χ0n) is 11.7. The van der Waals surface area contributed by atoms with E-state index in [4.69, 9.17) is 9.47 Å². The van der Waals surface area contributed by atoms with Gasteiger partial charge in [0.1, 0.15) is 0 Å². The summed E-state index contributed by atoms with van der Waals surface area (Å²) in [5, 5.41) is 15.2. The lowest BCUT2D eigenvalue weighted by Crippen LogP contribution is -2.40. The van der Waals surface area contributed by atoms with E-state index in [9.17, 15) is 9.90 Å². The van der Waals surface area contributed by atoms with Gasteiger partial charge in [-0.05, 0) is 12.5 Å². The first-order valence-electron chi connectivity index (χ1n) is 6.54. The lowest BCUT2D eigenvalue weighted by Gasteiger charge is -2.15. The fourth-order valence-corrected chi connectivity index (χ4v) is 2.32. The molecule has 0 bridgehead atoms. The third kappa shape index (κ3) is 3.20. The molecule has 2 atom stereocenters. The van der Waals surface area contributed by atoms with Gasteiger partial charge in [0.05, 0.1) is 26.4 Å². The van der Waals surface area contributed by atoms with Crippen molar-refractivity contribution in [3.05, 3.63) is 23.8 Å². The van der Waals surface area contributed by atoms with Crippen LogP contribution in [-0.2, 0) is 11.3 Å². The van der Waals surface area contributed by atoms with E-state index in [0.29, 0.717) is 31.0 Å². The molecule has 0 spiro atoms. The molecule has 20 heavy (non-hydrogen) atoms. The molecule has 1 aliphatic heterocycles. The second kappa shape index (κ2) is 6.58. The van der Waals surface area contributed by atoms with Crippen molar-refractivity contribution in [2.75, 3.05) is 20.8 Å². The van der Waals surface area contributed by atoms with Crippen molar-refractivity contribution in [2.45, 2.75) is 25.1 Å². The topological polar surface area (TPSA) is 79.8 Å². The summed E-state index contributed by atoms with van der Waals surface area (Å²) in [5.41, 5.74) is 0.846. The largest absolute Gasteiger partial charge is 0.493 e. The molecule has 110 valence electrons. The number of hydrogen-bond acceptors (Lipinski definition) is 5. The van der Waals surface area contributed by atoms with Crippen molar-refractivity contribution >= 4 is 5.91 Å². The molecule has 1 amide bonds. The Labute approximate surface area is 118 Å². The van der Waals surface area contributed by atoms with Gasteiger partial charge in [-0.15, -0.1) is 0 Å². The van der Waals surface area contributed by atoms with E-state index in [1.54, 1.807) is 20.3 Å². The fraction of sp³-hybridized carbons (Fsp3) is 0.500. The molecule has 1 fully saturated rings. The Morgan fingerprint density at radius 2 is 2.25 bits per heavy atom. The van der Waals surface area contributed by atoms with Gasteiger partial charge in [0, 0.05) is 18.7 Å². The summed E-state index contributed by atoms with van der Waals surface area (Å²) in [4.78, 5) is 12.0. The number of nitrogens with one attached hydrogen (secondary N) is 2. The minimum absolute atomic E-state index is 0.119. The van der Waals surface area contributed by atoms with Gasteiger partial charge in [-0.1, -0.05) is 12.1 Å². The summed E-state index contributed by atoms with van der Waals surface area (Å²) in [7, 11) is 3.14. The van der Waals surface area contributed by atoms with Crippen LogP contribution in [0.5, 0.6) is 11.5 Å². The Morgan fingerprint density at radius 3 is 2.85 bits per heavy atom. The lowest BCUT2D eigenvalue weighted by molar-refractivity contribution is -0.123. The van der Waals surface area contributed by atoms with Crippen LogP contribution in [0.25, 0.3) is 0 Å². The summed E-state index contributed by atoms with van der Waals surface area (Å²) in [6.45, 7) is 0.814. The quantitative estimate of drug-likeness (QED) is 0.710. The summed E-state index contributed by atoms with van der Waals surface area (Å²) >= 11 is 0. The van der Waals surface area contributed by atoms with Crippen molar-refractivity contribution in [3.63, 3.8) is 0 Å². The smallest absolute Gasteiger partial charge is 0.237 e. The molecule has 1 aromatic carbocycles. The van der Waals surface area contributed by atoms with E-state index in [1.807, 2.05) is 12.1 Å². The van der Waals surface area contributed by atoms with Gasteiger partial charge in [0.2, 0.25) is 5.91 Å². The third-order valence-electron chi connectivity index (χ3n) is 3.36. The number of carbonyl (C=O) groups excluding carboxylic acids is 1. The molecule has 6 nitrogen and oxygen atoms in total. The zero-order valence-corrected chi connectivity index (χ0v) is 11.7. The van der Waals surface area contributed by atoms with Gasteiger partial charge >= 0.3 is 0 Å². The van der Waals surface area contributed by atoms with E-state index in [-0.39, 0.29) is 11.9 Å². The van der Waals surface area contributed by atoms with Gasteiger partial charge in [0.25, 0.3) is 0 Å². The number of β-amino-alcohol motifs (C(OH)–C–C–N with tert-alkyl or cyclic N) is 1. The number of aliphatic hydroxyl groups is 1. The number of para-hydroxylation sites is 1. The van der Waals surface area contributed by atoms with Crippen LogP contribution in [0.4, 0.5) is 0 Å². The van der Waals surface area contributed by atoms with Crippen LogP contribution < -0.4 is 20.1 Å². The minimum Gasteiger partial charge on any atom is -0.493 e. The molecule has 1 heterocycles. The summed E-state index contributed by atoms with van der Waals surface area (Å²) < 4.78 is 10.5. The molecule has 3 N–H and O–H groups in total. The number of rotatable bonds is 5. The van der Waals surface area contributed by atoms with Crippen LogP contribution in [0.2, 0.25) is 0 Å². The first-order valence-corrected chi connectivity index (χ1v) is 6.54. The average Bonchev–Trinajstić information content (AvgIpc) is 2.90. The van der Waals surface area contributed by atoms with Gasteiger partial charge in [-0.2, -0.15) is 0 Å². The van der Waals surface area contributed by atoms with Crippen LogP contribution in [0, 0.1) is 0 Å². The van der Waals surface area contributed by atoms with Gasteiger partial charge in [0.15, 0.2) is 11.5 Å². The molecule has 1 aliphatic rings. The van der Waals surface area contributed by atoms with Crippen molar-refractivity contribution in [1.82, 2.24) is 10.6 Å². The summed E-state index contributed by atoms with van der Waals surface area (Å²) in [5.74, 6) is 1.13. The average molecular weight is 280 g/mol. The third-order valence-corrected chi connectivity index (χ3v) is 3.36. The van der Waals surface area contributed by atoms with Crippen molar-refractivity contribution in [2.24, 2.45) is 0 Å². The summed E-state index contributed by atoms with van der Waals surface area (Å²) in [6.07, 6.45) is -0.00161. The first kappa shape index (κ1) is 14.6. The number of methoxy groups -OCH3 is 2. The van der Waals surface area contributed by atoms with E-state index >= 15 is 0 Å². The second-order valence-electron chi connectivity index (χ2n) is 4.72. The fourth-order valence-electron chi connectivity index (χ4n) is 2.32. The maximum absolute atomic E-state index is 12.0. The van der Waals surface area contributed by atoms with Crippen LogP contribution in [-0.4, -0.2) is 43.9 Å². The van der Waals surface area contributed by atoms with E-state index in [0.717, 1.165) is 5.56 Å². The Kier molecular flexibility index (Phi) is 4.81. The monoisotopic (exact) mass is 280 g/mol. The number of benzene rings is 1. The summed E-state index contributed by atoms with van der Waals surface area (Å²) in [6, 6.07) is 5.19. The first-order chi connectivity index (χ1) is 9.65. The molecule has 0 aliphatic carbocycles. The van der Waals surface area contributed by atoms with Crippen LogP contribution >= 0.6 is 0 Å². The Bertz CT molecular complexity index is 478. The van der Waals surface area contributed by atoms with E-state index in [1.165, 1.54) is 0 Å². The Balaban J connectivity index is 1.98. The molecule has 0 radical (unpaired) electrons. The maximum Gasteiger partial charge on any atom is 0.237 e. The number of ether oxygens (including phenoxy) is 2. The van der Waals surface area contributed by atoms with Crippen LogP contribution in [0.1, 0.15) is 12.0 Å². The van der Waals surface area contributed by atoms with Crippen LogP contribution in [0.15, 0.2) is 18.2 Å². The molecule has 1 saturated heterocycles. The van der Waals surface area contributed by atoms with E-state index in [2.05, 4.69) is 10.6 Å². The van der Waals surface area contributed by atoms with Gasteiger partial charge < -0.3 is 25.2 Å². The predicted molar refractivity (Wildman–Crippen MR) is 73.8 cm³/mol. The molecular weight excluding hydrogens is 260 g/mol. The molecular formula is C14H20N2O4. The standard InChI is InChI=1S/C14H20N2O4/c1-19-12-5-3-4-9(13(12)20-2)7-16-14(18)11-6-10(17)8-15-11/h3-5,10-11,15,17H,6-8H2,1-2H3,(H,16,18)/t10-,11-/m1/s1. The predicted octanol–water partition coefficient (Wildman–Crippen LogP) is 0.0428. The van der Waals surface area contributed by atoms with Crippen molar-refractivity contribution < 1.29 is 19.4 Å². The van der Waals surface area contributed by atoms with Crippen molar-refractivity contribution in [3.8, 4) is 11.5 Å². The second-order valence-corrected chi connectivity index (χ2v) is 4.72. The number of amides is 1. The van der Waals surface area contributed by atoms with Gasteiger partial charge in [-0.3, -0.25) is 4.79 Å². The molecule has 0 saturated carbocycles. The maximum atomic E-state index is 12.0. The van der Waals surface area contributed by atoms with Crippen LogP contribution in [0.3, 0.4) is 0 Å². The van der Waals surface area contributed by atoms with Crippen molar-refractivity contribution in [1.29, 1.82) is 0 Å². The Hall–Kier alpha value is -1.79. The number of aliphatic hydroxyl groups excluding tert-OH is 1. The normalized spacial score (nSPS) is 21.6. The lowest BCUT2D eigenvalue weighted by atomic mass is 10.1. The highest BCUT2D eigenvalue weighted by Crippen LogP contribution is 2.30. The molecule has 2 rings (SSSR count). The molecule has 6 heteroatoms. The SMILES string of the molecule is COc1cccc(CNC(=O)[C@H]2C[C@@H](O)CN2)c1OC. The molecule has 0 aromatic heterocycles. The highest BCUT2D eigenvalue weighted by atomic mass is 16.5. The zero-order chi connectivity index (χ0) is 14.5. The minimum atomic E-state index is -0.447.